The Morgan fingerprint density at radius 2 is 2.19 bits per heavy atom. The number of methoxy groups -OCH3 is 1. The quantitative estimate of drug-likeness (QED) is 0.920. The monoisotopic (exact) mass is 286 g/mol. The molecule has 1 aromatic rings. The molecular formula is C11H15BrN2O2. The first-order chi connectivity index (χ1) is 7.54. The van der Waals surface area contributed by atoms with E-state index in [9.17, 15) is 4.79 Å². The summed E-state index contributed by atoms with van der Waals surface area (Å²) in [4.78, 5) is 13.4. The van der Waals surface area contributed by atoms with Crippen molar-refractivity contribution in [2.45, 2.75) is 0 Å². The molecule has 0 unspecified atom stereocenters. The van der Waals surface area contributed by atoms with E-state index in [1.54, 1.807) is 18.1 Å². The summed E-state index contributed by atoms with van der Waals surface area (Å²) in [7, 11) is 5.26. The average Bonchev–Trinajstić information content (AvgIpc) is 2.20. The van der Waals surface area contributed by atoms with Gasteiger partial charge in [-0.25, -0.2) is 0 Å². The van der Waals surface area contributed by atoms with Gasteiger partial charge in [-0.1, -0.05) is 6.07 Å². The predicted molar refractivity (Wildman–Crippen MR) is 67.9 cm³/mol. The number of carbonyl (C=O) groups is 1. The Kier molecular flexibility index (Phi) is 4.76. The van der Waals surface area contributed by atoms with Crippen LogP contribution in [0.5, 0.6) is 5.75 Å². The fourth-order valence-corrected chi connectivity index (χ4v) is 1.71. The minimum absolute atomic E-state index is 0.0739. The Morgan fingerprint density at radius 3 is 2.75 bits per heavy atom. The van der Waals surface area contributed by atoms with Crippen molar-refractivity contribution < 1.29 is 9.53 Å². The van der Waals surface area contributed by atoms with Crippen LogP contribution in [0.25, 0.3) is 0 Å². The highest BCUT2D eigenvalue weighted by Crippen LogP contribution is 2.32. The molecule has 16 heavy (non-hydrogen) atoms. The van der Waals surface area contributed by atoms with Crippen LogP contribution in [0.15, 0.2) is 22.7 Å². The second kappa shape index (κ2) is 5.86. The van der Waals surface area contributed by atoms with E-state index in [4.69, 9.17) is 4.74 Å². The zero-order chi connectivity index (χ0) is 12.1. The van der Waals surface area contributed by atoms with E-state index in [2.05, 4.69) is 21.2 Å². The standard InChI is InChI=1S/C11H15BrN2O2/c1-14(2)7-10(15)13-11-8(12)5-4-6-9(11)16-3/h4-6H,7H2,1-3H3,(H,13,15). The first kappa shape index (κ1) is 13.0. The molecule has 0 atom stereocenters. The molecule has 0 saturated heterocycles. The number of halogens is 1. The maximum atomic E-state index is 11.6. The van der Waals surface area contributed by atoms with E-state index in [1.165, 1.54) is 0 Å². The molecule has 0 spiro atoms. The molecule has 0 heterocycles. The topological polar surface area (TPSA) is 41.6 Å². The predicted octanol–water partition coefficient (Wildman–Crippen LogP) is 1.96. The average molecular weight is 287 g/mol. The van der Waals surface area contributed by atoms with Crippen LogP contribution in [0.4, 0.5) is 5.69 Å². The maximum absolute atomic E-state index is 11.6. The highest BCUT2D eigenvalue weighted by Gasteiger charge is 2.11. The van der Waals surface area contributed by atoms with Gasteiger partial charge in [0.15, 0.2) is 0 Å². The van der Waals surface area contributed by atoms with Crippen LogP contribution in [0.2, 0.25) is 0 Å². The van der Waals surface area contributed by atoms with Gasteiger partial charge in [-0.2, -0.15) is 0 Å². The summed E-state index contributed by atoms with van der Waals surface area (Å²) in [6, 6.07) is 5.51. The van der Waals surface area contributed by atoms with Crippen molar-refractivity contribution in [3.05, 3.63) is 22.7 Å². The van der Waals surface area contributed by atoms with Crippen LogP contribution < -0.4 is 10.1 Å². The Labute approximate surface area is 104 Å². The zero-order valence-electron chi connectivity index (χ0n) is 9.58. The summed E-state index contributed by atoms with van der Waals surface area (Å²) in [6.45, 7) is 0.338. The van der Waals surface area contributed by atoms with Crippen LogP contribution in [0.3, 0.4) is 0 Å². The van der Waals surface area contributed by atoms with Crippen molar-refractivity contribution in [1.29, 1.82) is 0 Å². The smallest absolute Gasteiger partial charge is 0.238 e. The second-order valence-electron chi connectivity index (χ2n) is 3.60. The van der Waals surface area contributed by atoms with Crippen molar-refractivity contribution >= 4 is 27.5 Å². The molecule has 0 aliphatic rings. The number of hydrogen-bond donors (Lipinski definition) is 1. The molecule has 0 aliphatic carbocycles. The number of carbonyl (C=O) groups excluding carboxylic acids is 1. The normalized spacial score (nSPS) is 10.3. The summed E-state index contributed by atoms with van der Waals surface area (Å²) >= 11 is 3.37. The van der Waals surface area contributed by atoms with Gasteiger partial charge in [-0.05, 0) is 42.2 Å². The summed E-state index contributed by atoms with van der Waals surface area (Å²) in [5.41, 5.74) is 0.664. The van der Waals surface area contributed by atoms with E-state index in [0.29, 0.717) is 18.0 Å². The van der Waals surface area contributed by atoms with Gasteiger partial charge in [0.05, 0.1) is 19.3 Å². The lowest BCUT2D eigenvalue weighted by Crippen LogP contribution is -2.27. The van der Waals surface area contributed by atoms with Crippen LogP contribution >= 0.6 is 15.9 Å². The van der Waals surface area contributed by atoms with Crippen LogP contribution in [0, 0.1) is 0 Å². The van der Waals surface area contributed by atoms with Crippen molar-refractivity contribution in [2.24, 2.45) is 0 Å². The Morgan fingerprint density at radius 1 is 1.50 bits per heavy atom. The third-order valence-corrected chi connectivity index (χ3v) is 2.58. The minimum atomic E-state index is -0.0739. The Hall–Kier alpha value is -1.07. The molecule has 1 N–H and O–H groups in total. The molecule has 5 heteroatoms. The molecule has 0 fully saturated rings. The number of ether oxygens (including phenoxy) is 1. The molecule has 1 amide bonds. The number of para-hydroxylation sites is 1. The molecule has 0 aromatic heterocycles. The lowest BCUT2D eigenvalue weighted by Gasteiger charge is -2.13. The molecule has 0 radical (unpaired) electrons. The van der Waals surface area contributed by atoms with Gasteiger partial charge in [0, 0.05) is 4.47 Å². The van der Waals surface area contributed by atoms with Gasteiger partial charge in [0.1, 0.15) is 5.75 Å². The van der Waals surface area contributed by atoms with E-state index >= 15 is 0 Å². The number of hydrogen-bond acceptors (Lipinski definition) is 3. The van der Waals surface area contributed by atoms with E-state index in [1.807, 2.05) is 26.2 Å². The van der Waals surface area contributed by atoms with E-state index in [0.717, 1.165) is 4.47 Å². The maximum Gasteiger partial charge on any atom is 0.238 e. The van der Waals surface area contributed by atoms with Crippen LogP contribution in [0.1, 0.15) is 0 Å². The number of benzene rings is 1. The molecule has 0 saturated carbocycles. The number of rotatable bonds is 4. The minimum Gasteiger partial charge on any atom is -0.495 e. The molecule has 88 valence electrons. The third kappa shape index (κ3) is 3.50. The highest BCUT2D eigenvalue weighted by molar-refractivity contribution is 9.10. The summed E-state index contributed by atoms with van der Waals surface area (Å²) in [5.74, 6) is 0.566. The largest absolute Gasteiger partial charge is 0.495 e. The fraction of sp³-hybridized carbons (Fsp3) is 0.364. The van der Waals surface area contributed by atoms with Crippen molar-refractivity contribution in [2.75, 3.05) is 33.1 Å². The van der Waals surface area contributed by atoms with Gasteiger partial charge >= 0.3 is 0 Å². The number of nitrogens with zero attached hydrogens (tertiary/aromatic N) is 1. The lowest BCUT2D eigenvalue weighted by atomic mass is 10.3. The van der Waals surface area contributed by atoms with Gasteiger partial charge in [0.2, 0.25) is 5.91 Å². The van der Waals surface area contributed by atoms with Gasteiger partial charge in [0.25, 0.3) is 0 Å². The first-order valence-electron chi connectivity index (χ1n) is 4.81. The summed E-state index contributed by atoms with van der Waals surface area (Å²) in [6.07, 6.45) is 0. The van der Waals surface area contributed by atoms with Crippen LogP contribution in [-0.2, 0) is 4.79 Å². The third-order valence-electron chi connectivity index (χ3n) is 1.92. The molecule has 1 rings (SSSR count). The fourth-order valence-electron chi connectivity index (χ4n) is 1.26. The molecule has 0 aliphatic heterocycles. The lowest BCUT2D eigenvalue weighted by molar-refractivity contribution is -0.116. The van der Waals surface area contributed by atoms with E-state index in [-0.39, 0.29) is 5.91 Å². The molecule has 4 nitrogen and oxygen atoms in total. The van der Waals surface area contributed by atoms with Crippen molar-refractivity contribution in [3.63, 3.8) is 0 Å². The number of nitrogens with one attached hydrogen (secondary N) is 1. The second-order valence-corrected chi connectivity index (χ2v) is 4.46. The zero-order valence-corrected chi connectivity index (χ0v) is 11.2. The molecule has 0 bridgehead atoms. The van der Waals surface area contributed by atoms with E-state index < -0.39 is 0 Å². The molecule has 1 aromatic carbocycles. The Bertz CT molecular complexity index is 380. The van der Waals surface area contributed by atoms with Gasteiger partial charge in [-0.3, -0.25) is 4.79 Å². The van der Waals surface area contributed by atoms with Gasteiger partial charge in [-0.15, -0.1) is 0 Å². The summed E-state index contributed by atoms with van der Waals surface area (Å²) in [5, 5.41) is 2.81. The first-order valence-corrected chi connectivity index (χ1v) is 5.61. The SMILES string of the molecule is COc1cccc(Br)c1NC(=O)CN(C)C. The van der Waals surface area contributed by atoms with Gasteiger partial charge < -0.3 is 15.0 Å². The van der Waals surface area contributed by atoms with Crippen molar-refractivity contribution in [1.82, 2.24) is 4.90 Å². The van der Waals surface area contributed by atoms with Crippen LogP contribution in [-0.4, -0.2) is 38.6 Å². The number of likely N-dealkylation sites (N-methyl/N-ethyl adjacent to an activating group) is 1. The highest BCUT2D eigenvalue weighted by atomic mass is 79.9. The number of anilines is 1. The van der Waals surface area contributed by atoms with Crippen molar-refractivity contribution in [3.8, 4) is 5.75 Å². The number of amides is 1. The summed E-state index contributed by atoms with van der Waals surface area (Å²) < 4.78 is 5.98. The Balaban J connectivity index is 2.83. The molecular weight excluding hydrogens is 272 g/mol.